The second-order valence-corrected chi connectivity index (χ2v) is 10.7. The number of anilines is 1. The number of nitrogens with zero attached hydrogens (tertiary/aromatic N) is 1. The molecule has 0 bridgehead atoms. The second kappa shape index (κ2) is 8.62. The van der Waals surface area contributed by atoms with Crippen LogP contribution in [0.1, 0.15) is 44.7 Å². The lowest BCUT2D eigenvalue weighted by atomic mass is 9.57. The zero-order chi connectivity index (χ0) is 26.8. The van der Waals surface area contributed by atoms with E-state index in [0.717, 1.165) is 5.56 Å². The highest BCUT2D eigenvalue weighted by Gasteiger charge is 2.57. The number of aromatic nitrogens is 1. The van der Waals surface area contributed by atoms with Gasteiger partial charge in [0.1, 0.15) is 22.9 Å². The normalized spacial score (nSPS) is 27.1. The Morgan fingerprint density at radius 1 is 1.22 bits per heavy atom. The molecule has 1 saturated carbocycles. The Kier molecular flexibility index (Phi) is 5.79. The number of primary amides is 1. The number of allylic oxidation sites excluding steroid dienone is 2. The Balaban J connectivity index is 1.71. The van der Waals surface area contributed by atoms with E-state index in [2.05, 4.69) is 10.3 Å². The number of Topliss-reactive ketones (excluding diaryl/α,β-unsaturated/α-hetero) is 1. The van der Waals surface area contributed by atoms with Gasteiger partial charge in [0.15, 0.2) is 5.78 Å². The van der Waals surface area contributed by atoms with E-state index >= 15 is 0 Å². The number of aliphatic hydroxyl groups excluding tert-OH is 2. The summed E-state index contributed by atoms with van der Waals surface area (Å²) in [5, 5.41) is 47.8. The average Bonchev–Trinajstić information content (AvgIpc) is 2.79. The summed E-state index contributed by atoms with van der Waals surface area (Å²) in [4.78, 5) is 30.4. The number of phenols is 1. The van der Waals surface area contributed by atoms with Gasteiger partial charge in [0, 0.05) is 29.8 Å². The maximum atomic E-state index is 13.9. The summed E-state index contributed by atoms with van der Waals surface area (Å²) < 4.78 is 0. The number of pyridine rings is 1. The zero-order valence-electron chi connectivity index (χ0n) is 20.9. The highest BCUT2D eigenvalue weighted by atomic mass is 16.3. The van der Waals surface area contributed by atoms with Crippen LogP contribution in [-0.2, 0) is 16.0 Å². The Labute approximate surface area is 214 Å². The molecule has 2 aromatic rings. The van der Waals surface area contributed by atoms with E-state index in [4.69, 9.17) is 5.73 Å². The summed E-state index contributed by atoms with van der Waals surface area (Å²) in [6.45, 7) is 5.14. The molecule has 1 heterocycles. The molecular formula is C28H31N3O6. The highest BCUT2D eigenvalue weighted by Crippen LogP contribution is 2.55. The number of hydrogen-bond acceptors (Lipinski definition) is 8. The van der Waals surface area contributed by atoms with Gasteiger partial charge in [0.2, 0.25) is 0 Å². The molecule has 1 aromatic heterocycles. The van der Waals surface area contributed by atoms with Gasteiger partial charge in [-0.3, -0.25) is 14.6 Å². The number of ketones is 1. The molecule has 3 aliphatic rings. The Morgan fingerprint density at radius 2 is 1.95 bits per heavy atom. The van der Waals surface area contributed by atoms with Gasteiger partial charge in [-0.15, -0.1) is 0 Å². The minimum atomic E-state index is -2.00. The predicted molar refractivity (Wildman–Crippen MR) is 138 cm³/mol. The minimum Gasteiger partial charge on any atom is -0.512 e. The van der Waals surface area contributed by atoms with Crippen LogP contribution in [0.5, 0.6) is 5.75 Å². The van der Waals surface area contributed by atoms with Crippen molar-refractivity contribution in [3.05, 3.63) is 58.5 Å². The lowest BCUT2D eigenvalue weighted by Gasteiger charge is -2.48. The fourth-order valence-electron chi connectivity index (χ4n) is 6.53. The largest absolute Gasteiger partial charge is 0.512 e. The van der Waals surface area contributed by atoms with Crippen molar-refractivity contribution in [3.63, 3.8) is 0 Å². The number of nitrogens with one attached hydrogen (secondary N) is 1. The van der Waals surface area contributed by atoms with Gasteiger partial charge < -0.3 is 31.5 Å². The molecule has 1 aromatic carbocycles. The summed E-state index contributed by atoms with van der Waals surface area (Å²) in [7, 11) is 0. The Hall–Kier alpha value is -3.85. The van der Waals surface area contributed by atoms with Crippen LogP contribution >= 0.6 is 0 Å². The fourth-order valence-corrected chi connectivity index (χ4v) is 6.53. The van der Waals surface area contributed by atoms with Crippen molar-refractivity contribution < 1.29 is 30.0 Å². The monoisotopic (exact) mass is 505 g/mol. The van der Waals surface area contributed by atoms with Crippen molar-refractivity contribution in [1.82, 2.24) is 4.98 Å². The Morgan fingerprint density at radius 3 is 2.57 bits per heavy atom. The smallest absolute Gasteiger partial charge is 0.250 e. The van der Waals surface area contributed by atoms with Crippen LogP contribution in [0.25, 0.3) is 17.0 Å². The molecule has 1 amide bonds. The molecular weight excluding hydrogens is 474 g/mol. The van der Waals surface area contributed by atoms with E-state index in [-0.39, 0.29) is 46.4 Å². The molecule has 9 heteroatoms. The standard InChI is InChI=1S/C28H31N3O6/c1-12(2)31-18-11-15(17-6-4-5-7-30-17)16-9-13-8-14-10-19(32)23(27(29)36)28(3,37)22(14)26(35)20(13)25(34)21(16)24(18)33/h4-7,11-14,22,31-34,37H,8-10H2,1-3H3,(H2,29,36). The summed E-state index contributed by atoms with van der Waals surface area (Å²) >= 11 is 0. The average molecular weight is 506 g/mol. The van der Waals surface area contributed by atoms with Crippen LogP contribution in [-0.4, -0.2) is 48.7 Å². The molecule has 1 fully saturated rings. The molecule has 9 nitrogen and oxygen atoms in total. The van der Waals surface area contributed by atoms with Crippen LogP contribution in [0.3, 0.4) is 0 Å². The Bertz CT molecular complexity index is 1380. The van der Waals surface area contributed by atoms with Crippen LogP contribution in [0, 0.1) is 17.8 Å². The summed E-state index contributed by atoms with van der Waals surface area (Å²) in [6.07, 6.45) is 2.42. The number of amides is 1. The van der Waals surface area contributed by atoms with Crippen molar-refractivity contribution in [2.45, 2.75) is 51.7 Å². The van der Waals surface area contributed by atoms with Gasteiger partial charge in [-0.25, -0.2) is 0 Å². The molecule has 0 saturated heterocycles. The van der Waals surface area contributed by atoms with E-state index in [1.807, 2.05) is 26.0 Å². The first-order valence-corrected chi connectivity index (χ1v) is 12.4. The number of carbonyl (C=O) groups is 2. The lowest BCUT2D eigenvalue weighted by molar-refractivity contribution is -0.136. The first-order valence-electron chi connectivity index (χ1n) is 12.4. The van der Waals surface area contributed by atoms with Crippen LogP contribution in [0.4, 0.5) is 5.69 Å². The van der Waals surface area contributed by atoms with Crippen molar-refractivity contribution in [2.24, 2.45) is 23.5 Å². The highest BCUT2D eigenvalue weighted by molar-refractivity contribution is 6.08. The molecule has 0 spiro atoms. The number of aromatic hydroxyl groups is 1. The molecule has 5 rings (SSSR count). The maximum Gasteiger partial charge on any atom is 0.250 e. The van der Waals surface area contributed by atoms with E-state index in [0.29, 0.717) is 29.8 Å². The van der Waals surface area contributed by atoms with Crippen LogP contribution in [0.15, 0.2) is 47.4 Å². The van der Waals surface area contributed by atoms with Gasteiger partial charge in [-0.1, -0.05) is 6.07 Å². The molecule has 194 valence electrons. The summed E-state index contributed by atoms with van der Waals surface area (Å²) in [5.41, 5.74) is 5.79. The number of aliphatic hydroxyl groups is 3. The molecule has 4 atom stereocenters. The third kappa shape index (κ3) is 3.76. The third-order valence-electron chi connectivity index (χ3n) is 7.85. The molecule has 7 N–H and O–H groups in total. The van der Waals surface area contributed by atoms with E-state index in [1.165, 1.54) is 6.92 Å². The van der Waals surface area contributed by atoms with Gasteiger partial charge >= 0.3 is 0 Å². The van der Waals surface area contributed by atoms with Gasteiger partial charge in [0.25, 0.3) is 5.91 Å². The van der Waals surface area contributed by atoms with E-state index in [1.54, 1.807) is 18.3 Å². The van der Waals surface area contributed by atoms with Gasteiger partial charge in [-0.2, -0.15) is 0 Å². The van der Waals surface area contributed by atoms with Crippen molar-refractivity contribution in [2.75, 3.05) is 5.32 Å². The molecule has 0 aliphatic heterocycles. The number of phenolic OH excluding ortho intramolecular Hbond substituents is 1. The van der Waals surface area contributed by atoms with Crippen molar-refractivity contribution in [3.8, 4) is 17.0 Å². The number of benzene rings is 1. The summed E-state index contributed by atoms with van der Waals surface area (Å²) in [6, 6.07) is 7.28. The number of fused-ring (bicyclic) bond motifs is 3. The minimum absolute atomic E-state index is 0.0206. The van der Waals surface area contributed by atoms with E-state index < -0.39 is 35.0 Å². The second-order valence-electron chi connectivity index (χ2n) is 10.7. The predicted octanol–water partition coefficient (Wildman–Crippen LogP) is 3.37. The lowest BCUT2D eigenvalue weighted by Crippen LogP contribution is -2.55. The van der Waals surface area contributed by atoms with Crippen LogP contribution in [0.2, 0.25) is 0 Å². The fraction of sp³-hybridized carbons (Fsp3) is 0.393. The van der Waals surface area contributed by atoms with Crippen molar-refractivity contribution in [1.29, 1.82) is 0 Å². The third-order valence-corrected chi connectivity index (χ3v) is 7.85. The van der Waals surface area contributed by atoms with Crippen LogP contribution < -0.4 is 11.1 Å². The summed E-state index contributed by atoms with van der Waals surface area (Å²) in [5.74, 6) is -4.27. The molecule has 4 unspecified atom stereocenters. The van der Waals surface area contributed by atoms with Crippen molar-refractivity contribution >= 4 is 23.1 Å². The molecule has 37 heavy (non-hydrogen) atoms. The zero-order valence-corrected chi connectivity index (χ0v) is 20.9. The molecule has 3 aliphatic carbocycles. The maximum absolute atomic E-state index is 13.9. The first kappa shape index (κ1) is 24.8. The van der Waals surface area contributed by atoms with Gasteiger partial charge in [-0.05, 0) is 69.2 Å². The van der Waals surface area contributed by atoms with Gasteiger partial charge in [0.05, 0.1) is 28.4 Å². The van der Waals surface area contributed by atoms with E-state index in [9.17, 15) is 30.0 Å². The first-order chi connectivity index (χ1) is 17.4. The topological polar surface area (TPSA) is 166 Å². The number of hydrogen-bond donors (Lipinski definition) is 6. The number of carbonyl (C=O) groups excluding carboxylic acids is 2. The SMILES string of the molecule is CC(C)Nc1cc(-c2ccccn2)c2c(c1O)C(O)=C1C(=O)C3C(CC(O)=C(C(N)=O)C3(C)O)CC1C2. The number of nitrogens with two attached hydrogens (primary N) is 1. The molecule has 0 radical (unpaired) electrons. The quantitative estimate of drug-likeness (QED) is 0.344. The number of rotatable bonds is 4.